The second-order valence-corrected chi connectivity index (χ2v) is 10.8. The molecule has 4 aromatic rings. The summed E-state index contributed by atoms with van der Waals surface area (Å²) in [6.45, 7) is 9.85. The van der Waals surface area contributed by atoms with Crippen molar-refractivity contribution in [2.24, 2.45) is 0 Å². The van der Waals surface area contributed by atoms with Crippen molar-refractivity contribution in [3.8, 4) is 11.4 Å². The van der Waals surface area contributed by atoms with Gasteiger partial charge in [-0.3, -0.25) is 0 Å². The molecule has 204 valence electrons. The number of nitrogens with one attached hydrogen (secondary N) is 1. The Labute approximate surface area is 239 Å². The van der Waals surface area contributed by atoms with Crippen LogP contribution < -0.4 is 10.1 Å². The molecule has 4 rings (SSSR count). The minimum absolute atomic E-state index is 0.250. The summed E-state index contributed by atoms with van der Waals surface area (Å²) >= 11 is 13.0. The smallest absolute Gasteiger partial charge is 0.335 e. The second kappa shape index (κ2) is 12.7. The molecule has 0 unspecified atom stereocenters. The van der Waals surface area contributed by atoms with E-state index in [0.29, 0.717) is 47.4 Å². The molecule has 6 nitrogen and oxygen atoms in total. The van der Waals surface area contributed by atoms with Crippen molar-refractivity contribution in [3.05, 3.63) is 110 Å². The zero-order valence-corrected chi connectivity index (χ0v) is 24.1. The third kappa shape index (κ3) is 6.82. The van der Waals surface area contributed by atoms with Crippen LogP contribution in [0.4, 0.5) is 0 Å². The Kier molecular flexibility index (Phi) is 9.33. The van der Waals surface area contributed by atoms with E-state index in [1.54, 1.807) is 22.9 Å². The third-order valence-corrected chi connectivity index (χ3v) is 7.35. The number of halogens is 2. The zero-order chi connectivity index (χ0) is 28.1. The SMILES string of the molecule is Cc1ccc(CCNCc2ccc(OCc3c(C(C)C)cnn3-c3c(Cl)cccc3Cl)cc2C)c(C(=O)O)c1. The van der Waals surface area contributed by atoms with Crippen LogP contribution >= 0.6 is 23.2 Å². The number of benzene rings is 3. The molecule has 0 spiro atoms. The second-order valence-electron chi connectivity index (χ2n) is 9.95. The number of aryl methyl sites for hydroxylation is 2. The van der Waals surface area contributed by atoms with E-state index in [-0.39, 0.29) is 5.92 Å². The molecule has 0 aliphatic rings. The Morgan fingerprint density at radius 1 is 1.05 bits per heavy atom. The van der Waals surface area contributed by atoms with Crippen molar-refractivity contribution in [2.75, 3.05) is 6.54 Å². The molecule has 39 heavy (non-hydrogen) atoms. The van der Waals surface area contributed by atoms with Crippen LogP contribution in [0.2, 0.25) is 10.0 Å². The molecule has 1 aromatic heterocycles. The van der Waals surface area contributed by atoms with E-state index in [9.17, 15) is 9.90 Å². The summed E-state index contributed by atoms with van der Waals surface area (Å²) in [6.07, 6.45) is 2.49. The first-order valence-corrected chi connectivity index (χ1v) is 13.7. The van der Waals surface area contributed by atoms with Crippen LogP contribution in [0.1, 0.15) is 63.6 Å². The monoisotopic (exact) mass is 565 g/mol. The summed E-state index contributed by atoms with van der Waals surface area (Å²) < 4.78 is 8.00. The van der Waals surface area contributed by atoms with Gasteiger partial charge in [0.15, 0.2) is 0 Å². The molecule has 0 atom stereocenters. The molecular formula is C31H33Cl2N3O3. The van der Waals surface area contributed by atoms with Gasteiger partial charge in [0, 0.05) is 6.54 Å². The largest absolute Gasteiger partial charge is 0.487 e. The Bertz CT molecular complexity index is 1460. The number of para-hydroxylation sites is 1. The van der Waals surface area contributed by atoms with Gasteiger partial charge in [0.05, 0.1) is 27.5 Å². The fourth-order valence-corrected chi connectivity index (χ4v) is 5.12. The molecule has 2 N–H and O–H groups in total. The number of hydrogen-bond donors (Lipinski definition) is 2. The van der Waals surface area contributed by atoms with Crippen molar-refractivity contribution in [2.45, 2.75) is 53.2 Å². The highest BCUT2D eigenvalue weighted by atomic mass is 35.5. The summed E-state index contributed by atoms with van der Waals surface area (Å²) in [6, 6.07) is 17.0. The van der Waals surface area contributed by atoms with Crippen LogP contribution in [0.15, 0.2) is 60.8 Å². The number of carboxylic acids is 1. The molecule has 0 fully saturated rings. The highest BCUT2D eigenvalue weighted by molar-refractivity contribution is 6.37. The van der Waals surface area contributed by atoms with Crippen LogP contribution in [0, 0.1) is 13.8 Å². The molecule has 0 amide bonds. The lowest BCUT2D eigenvalue weighted by Crippen LogP contribution is -2.18. The summed E-state index contributed by atoms with van der Waals surface area (Å²) in [7, 11) is 0. The predicted molar refractivity (Wildman–Crippen MR) is 157 cm³/mol. The van der Waals surface area contributed by atoms with Gasteiger partial charge in [0.2, 0.25) is 0 Å². The fourth-order valence-electron chi connectivity index (χ4n) is 4.56. The standard InChI is InChI=1S/C31H33Cl2N3O3/c1-19(2)26-17-35-36(30-27(32)6-5-7-28(30)33)29(26)18-39-24-11-10-23(21(4)15-24)16-34-13-12-22-9-8-20(3)14-25(22)31(37)38/h5-11,14-15,17,19,34H,12-13,16,18H2,1-4H3,(H,37,38). The van der Waals surface area contributed by atoms with Gasteiger partial charge in [-0.25, -0.2) is 9.48 Å². The van der Waals surface area contributed by atoms with E-state index in [1.165, 1.54) is 0 Å². The summed E-state index contributed by atoms with van der Waals surface area (Å²) in [5.74, 6) is 0.119. The van der Waals surface area contributed by atoms with Gasteiger partial charge in [-0.2, -0.15) is 5.10 Å². The lowest BCUT2D eigenvalue weighted by atomic mass is 10.0. The summed E-state index contributed by atoms with van der Waals surface area (Å²) in [4.78, 5) is 11.6. The fraction of sp³-hybridized carbons (Fsp3) is 0.290. The van der Waals surface area contributed by atoms with Gasteiger partial charge >= 0.3 is 5.97 Å². The molecule has 3 aromatic carbocycles. The van der Waals surface area contributed by atoms with Crippen molar-refractivity contribution < 1.29 is 14.6 Å². The Balaban J connectivity index is 1.41. The highest BCUT2D eigenvalue weighted by Crippen LogP contribution is 2.32. The number of hydrogen-bond acceptors (Lipinski definition) is 4. The lowest BCUT2D eigenvalue weighted by molar-refractivity contribution is 0.0695. The number of carbonyl (C=O) groups is 1. The Morgan fingerprint density at radius 3 is 2.44 bits per heavy atom. The molecule has 1 heterocycles. The number of rotatable bonds is 11. The van der Waals surface area contributed by atoms with Crippen LogP contribution in [0.3, 0.4) is 0 Å². The van der Waals surface area contributed by atoms with E-state index >= 15 is 0 Å². The molecule has 0 bridgehead atoms. The summed E-state index contributed by atoms with van der Waals surface area (Å²) in [5.41, 5.74) is 7.02. The van der Waals surface area contributed by atoms with Gasteiger partial charge in [0.25, 0.3) is 0 Å². The van der Waals surface area contributed by atoms with Gasteiger partial charge in [-0.1, -0.05) is 66.9 Å². The van der Waals surface area contributed by atoms with Crippen molar-refractivity contribution >= 4 is 29.2 Å². The number of ether oxygens (including phenoxy) is 1. The van der Waals surface area contributed by atoms with Crippen LogP contribution in [-0.2, 0) is 19.6 Å². The highest BCUT2D eigenvalue weighted by Gasteiger charge is 2.19. The quantitative estimate of drug-likeness (QED) is 0.184. The normalized spacial score (nSPS) is 11.3. The van der Waals surface area contributed by atoms with E-state index < -0.39 is 5.97 Å². The zero-order valence-electron chi connectivity index (χ0n) is 22.6. The van der Waals surface area contributed by atoms with Crippen molar-refractivity contribution in [3.63, 3.8) is 0 Å². The average Bonchev–Trinajstić information content (AvgIpc) is 3.30. The number of aromatic carboxylic acids is 1. The number of carboxylic acid groups (broad SMARTS) is 1. The lowest BCUT2D eigenvalue weighted by Gasteiger charge is -2.16. The van der Waals surface area contributed by atoms with E-state index in [4.69, 9.17) is 27.9 Å². The van der Waals surface area contributed by atoms with Gasteiger partial charge in [-0.05, 0) is 85.3 Å². The van der Waals surface area contributed by atoms with E-state index in [1.807, 2.05) is 43.5 Å². The average molecular weight is 567 g/mol. The van der Waals surface area contributed by atoms with Gasteiger partial charge in [0.1, 0.15) is 18.0 Å². The third-order valence-electron chi connectivity index (χ3n) is 6.74. The molecule has 0 aliphatic heterocycles. The molecule has 8 heteroatoms. The number of aromatic nitrogens is 2. The Morgan fingerprint density at radius 2 is 1.77 bits per heavy atom. The van der Waals surface area contributed by atoms with Gasteiger partial charge < -0.3 is 15.2 Å². The van der Waals surface area contributed by atoms with Crippen molar-refractivity contribution in [1.29, 1.82) is 0 Å². The predicted octanol–water partition coefficient (Wildman–Crippen LogP) is 7.53. The van der Waals surface area contributed by atoms with Crippen LogP contribution in [0.25, 0.3) is 5.69 Å². The minimum atomic E-state index is -0.890. The molecule has 0 saturated heterocycles. The molecule has 0 radical (unpaired) electrons. The number of nitrogens with zero attached hydrogens (tertiary/aromatic N) is 2. The maximum atomic E-state index is 11.6. The van der Waals surface area contributed by atoms with Crippen LogP contribution in [-0.4, -0.2) is 27.4 Å². The maximum Gasteiger partial charge on any atom is 0.335 e. The Hall–Kier alpha value is -3.32. The van der Waals surface area contributed by atoms with E-state index in [2.05, 4.69) is 37.3 Å². The van der Waals surface area contributed by atoms with Gasteiger partial charge in [-0.15, -0.1) is 0 Å². The van der Waals surface area contributed by atoms with Crippen molar-refractivity contribution in [1.82, 2.24) is 15.1 Å². The summed E-state index contributed by atoms with van der Waals surface area (Å²) in [5, 5.41) is 18.5. The first kappa shape index (κ1) is 28.7. The maximum absolute atomic E-state index is 11.6. The first-order chi connectivity index (χ1) is 18.7. The van der Waals surface area contributed by atoms with Crippen LogP contribution in [0.5, 0.6) is 5.75 Å². The minimum Gasteiger partial charge on any atom is -0.487 e. The molecule has 0 saturated carbocycles. The van der Waals surface area contributed by atoms with E-state index in [0.717, 1.165) is 39.3 Å². The molecule has 0 aliphatic carbocycles. The molecular weight excluding hydrogens is 533 g/mol. The first-order valence-electron chi connectivity index (χ1n) is 12.9. The topological polar surface area (TPSA) is 76.4 Å².